The molecular weight excluding hydrogens is 210 g/mol. The van der Waals surface area contributed by atoms with Gasteiger partial charge in [-0.25, -0.2) is 4.79 Å². The van der Waals surface area contributed by atoms with E-state index in [1.54, 1.807) is 25.1 Å². The predicted molar refractivity (Wildman–Crippen MR) is 58.9 cm³/mol. The third-order valence-corrected chi connectivity index (χ3v) is 2.60. The third-order valence-electron chi connectivity index (χ3n) is 1.83. The number of carbonyl (C=O) groups excluding carboxylic acids is 1. The Bertz CT molecular complexity index is 410. The van der Waals surface area contributed by atoms with E-state index in [2.05, 4.69) is 0 Å². The quantitative estimate of drug-likeness (QED) is 0.581. The first-order chi connectivity index (χ1) is 7.22. The number of ether oxygens (including phenoxy) is 1. The Morgan fingerprint density at radius 1 is 1.60 bits per heavy atom. The highest BCUT2D eigenvalue weighted by Gasteiger charge is 2.12. The molecule has 1 aromatic rings. The average molecular weight is 221 g/mol. The molecule has 0 saturated heterocycles. The Kier molecular flexibility index (Phi) is 4.19. The summed E-state index contributed by atoms with van der Waals surface area (Å²) in [5.74, 6) is -0.341. The molecule has 4 heteroatoms. The van der Waals surface area contributed by atoms with E-state index < -0.39 is 0 Å². The molecule has 0 unspecified atom stereocenters. The Balaban J connectivity index is 3.08. The summed E-state index contributed by atoms with van der Waals surface area (Å²) < 4.78 is 4.91. The molecule has 0 radical (unpaired) electrons. The van der Waals surface area contributed by atoms with Gasteiger partial charge in [-0.15, -0.1) is 11.8 Å². The lowest BCUT2D eigenvalue weighted by molar-refractivity contribution is 0.0522. The van der Waals surface area contributed by atoms with Crippen molar-refractivity contribution in [2.24, 2.45) is 0 Å². The molecule has 0 amide bonds. The Labute approximate surface area is 93.0 Å². The third kappa shape index (κ3) is 2.74. The molecule has 0 bridgehead atoms. The van der Waals surface area contributed by atoms with Gasteiger partial charge < -0.3 is 4.74 Å². The van der Waals surface area contributed by atoms with Gasteiger partial charge in [-0.05, 0) is 31.4 Å². The van der Waals surface area contributed by atoms with E-state index in [1.165, 1.54) is 11.8 Å². The van der Waals surface area contributed by atoms with Crippen molar-refractivity contribution in [1.29, 1.82) is 5.26 Å². The first-order valence-corrected chi connectivity index (χ1v) is 5.70. The van der Waals surface area contributed by atoms with E-state index in [9.17, 15) is 4.79 Å². The van der Waals surface area contributed by atoms with Gasteiger partial charge >= 0.3 is 5.97 Å². The van der Waals surface area contributed by atoms with Crippen LogP contribution < -0.4 is 0 Å². The van der Waals surface area contributed by atoms with Gasteiger partial charge in [-0.1, -0.05) is 0 Å². The van der Waals surface area contributed by atoms with Gasteiger partial charge in [0, 0.05) is 4.90 Å². The molecule has 1 rings (SSSR count). The second kappa shape index (κ2) is 5.42. The van der Waals surface area contributed by atoms with E-state index in [0.29, 0.717) is 17.7 Å². The number of nitrogens with zero attached hydrogens (tertiary/aromatic N) is 1. The minimum atomic E-state index is -0.341. The van der Waals surface area contributed by atoms with Crippen LogP contribution in [0.1, 0.15) is 22.8 Å². The van der Waals surface area contributed by atoms with Crippen LogP contribution in [0.3, 0.4) is 0 Å². The molecule has 0 aliphatic rings. The molecule has 0 aromatic heterocycles. The molecule has 0 aliphatic heterocycles. The zero-order chi connectivity index (χ0) is 11.3. The Hall–Kier alpha value is -1.47. The summed E-state index contributed by atoms with van der Waals surface area (Å²) in [5, 5.41) is 8.71. The maximum Gasteiger partial charge on any atom is 0.339 e. The maximum atomic E-state index is 11.5. The summed E-state index contributed by atoms with van der Waals surface area (Å²) in [5.41, 5.74) is 1.07. The number of nitriles is 1. The second-order valence-electron chi connectivity index (χ2n) is 2.75. The number of benzene rings is 1. The largest absolute Gasteiger partial charge is 0.462 e. The first kappa shape index (κ1) is 11.6. The zero-order valence-corrected chi connectivity index (χ0v) is 9.43. The summed E-state index contributed by atoms with van der Waals surface area (Å²) in [7, 11) is 0. The number of hydrogen-bond acceptors (Lipinski definition) is 4. The molecule has 0 fully saturated rings. The lowest BCUT2D eigenvalue weighted by Gasteiger charge is -2.06. The van der Waals surface area contributed by atoms with E-state index in [0.717, 1.165) is 4.90 Å². The van der Waals surface area contributed by atoms with E-state index in [1.807, 2.05) is 12.3 Å². The fraction of sp³-hybridized carbons (Fsp3) is 0.273. The SMILES string of the molecule is CCOC(=O)c1ccc(C#N)cc1SC. The minimum Gasteiger partial charge on any atom is -0.462 e. The highest BCUT2D eigenvalue weighted by molar-refractivity contribution is 7.98. The van der Waals surface area contributed by atoms with Crippen molar-refractivity contribution in [3.8, 4) is 6.07 Å². The lowest BCUT2D eigenvalue weighted by Crippen LogP contribution is -2.06. The number of thioether (sulfide) groups is 1. The summed E-state index contributed by atoms with van der Waals surface area (Å²) in [6.07, 6.45) is 1.86. The summed E-state index contributed by atoms with van der Waals surface area (Å²) in [4.78, 5) is 12.3. The van der Waals surface area contributed by atoms with Crippen LogP contribution in [0.2, 0.25) is 0 Å². The summed E-state index contributed by atoms with van der Waals surface area (Å²) in [6.45, 7) is 2.12. The first-order valence-electron chi connectivity index (χ1n) is 4.48. The van der Waals surface area contributed by atoms with Crippen molar-refractivity contribution in [3.05, 3.63) is 29.3 Å². The van der Waals surface area contributed by atoms with Gasteiger partial charge in [0.1, 0.15) is 0 Å². The molecule has 0 aliphatic carbocycles. The Morgan fingerprint density at radius 3 is 2.87 bits per heavy atom. The molecule has 0 heterocycles. The van der Waals surface area contributed by atoms with Gasteiger partial charge in [0.2, 0.25) is 0 Å². The number of esters is 1. The van der Waals surface area contributed by atoms with E-state index in [4.69, 9.17) is 10.00 Å². The molecule has 0 saturated carbocycles. The van der Waals surface area contributed by atoms with Crippen LogP contribution in [0.25, 0.3) is 0 Å². The van der Waals surface area contributed by atoms with Crippen molar-refractivity contribution in [2.45, 2.75) is 11.8 Å². The van der Waals surface area contributed by atoms with Crippen LogP contribution in [0.15, 0.2) is 23.1 Å². The van der Waals surface area contributed by atoms with Crippen LogP contribution in [-0.2, 0) is 4.74 Å². The van der Waals surface area contributed by atoms with E-state index in [-0.39, 0.29) is 5.97 Å². The van der Waals surface area contributed by atoms with Crippen molar-refractivity contribution < 1.29 is 9.53 Å². The van der Waals surface area contributed by atoms with Crippen molar-refractivity contribution in [2.75, 3.05) is 12.9 Å². The van der Waals surface area contributed by atoms with Crippen molar-refractivity contribution in [1.82, 2.24) is 0 Å². The second-order valence-corrected chi connectivity index (χ2v) is 3.60. The van der Waals surface area contributed by atoms with Crippen molar-refractivity contribution in [3.63, 3.8) is 0 Å². The molecule has 3 nitrogen and oxygen atoms in total. The van der Waals surface area contributed by atoms with Crippen LogP contribution in [-0.4, -0.2) is 18.8 Å². The highest BCUT2D eigenvalue weighted by atomic mass is 32.2. The monoisotopic (exact) mass is 221 g/mol. The molecule has 78 valence electrons. The van der Waals surface area contributed by atoms with Crippen LogP contribution in [0, 0.1) is 11.3 Å². The fourth-order valence-corrected chi connectivity index (χ4v) is 1.75. The Morgan fingerprint density at radius 2 is 2.33 bits per heavy atom. The molecule has 15 heavy (non-hydrogen) atoms. The predicted octanol–water partition coefficient (Wildman–Crippen LogP) is 2.46. The minimum absolute atomic E-state index is 0.341. The fourth-order valence-electron chi connectivity index (χ4n) is 1.14. The molecular formula is C11H11NO2S. The standard InChI is InChI=1S/C11H11NO2S/c1-3-14-11(13)9-5-4-8(7-12)6-10(9)15-2/h4-6H,3H2,1-2H3. The van der Waals surface area contributed by atoms with Crippen LogP contribution in [0.5, 0.6) is 0 Å². The zero-order valence-electron chi connectivity index (χ0n) is 8.61. The molecule has 0 N–H and O–H groups in total. The van der Waals surface area contributed by atoms with Gasteiger partial charge in [0.05, 0.1) is 23.8 Å². The molecule has 1 aromatic carbocycles. The summed E-state index contributed by atoms with van der Waals surface area (Å²) in [6, 6.07) is 6.97. The van der Waals surface area contributed by atoms with Crippen LogP contribution in [0.4, 0.5) is 0 Å². The number of hydrogen-bond donors (Lipinski definition) is 0. The lowest BCUT2D eigenvalue weighted by atomic mass is 10.1. The normalized spacial score (nSPS) is 9.40. The average Bonchev–Trinajstić information content (AvgIpc) is 2.28. The molecule has 0 spiro atoms. The molecule has 0 atom stereocenters. The highest BCUT2D eigenvalue weighted by Crippen LogP contribution is 2.22. The van der Waals surface area contributed by atoms with Gasteiger partial charge in [-0.3, -0.25) is 0 Å². The van der Waals surface area contributed by atoms with Gasteiger partial charge in [-0.2, -0.15) is 5.26 Å². The van der Waals surface area contributed by atoms with Gasteiger partial charge in [0.25, 0.3) is 0 Å². The smallest absolute Gasteiger partial charge is 0.339 e. The van der Waals surface area contributed by atoms with Crippen LogP contribution >= 0.6 is 11.8 Å². The summed E-state index contributed by atoms with van der Waals surface area (Å²) >= 11 is 1.43. The van der Waals surface area contributed by atoms with Gasteiger partial charge in [0.15, 0.2) is 0 Å². The maximum absolute atomic E-state index is 11.5. The van der Waals surface area contributed by atoms with E-state index >= 15 is 0 Å². The topological polar surface area (TPSA) is 50.1 Å². The number of carbonyl (C=O) groups is 1. The van der Waals surface area contributed by atoms with Crippen molar-refractivity contribution >= 4 is 17.7 Å². The number of rotatable bonds is 3.